The Morgan fingerprint density at radius 1 is 1.21 bits per heavy atom. The number of hydrogen-bond acceptors (Lipinski definition) is 3. The molecule has 0 bridgehead atoms. The first-order valence-corrected chi connectivity index (χ1v) is 6.87. The first-order valence-electron chi connectivity index (χ1n) is 6.87. The van der Waals surface area contributed by atoms with E-state index < -0.39 is 0 Å². The average molecular weight is 256 g/mol. The van der Waals surface area contributed by atoms with E-state index in [9.17, 15) is 0 Å². The van der Waals surface area contributed by atoms with Gasteiger partial charge in [0, 0.05) is 13.1 Å². The predicted octanol–water partition coefficient (Wildman–Crippen LogP) is 2.09. The first kappa shape index (κ1) is 12.6. The van der Waals surface area contributed by atoms with Gasteiger partial charge in [-0.1, -0.05) is 42.5 Å². The summed E-state index contributed by atoms with van der Waals surface area (Å²) in [5, 5.41) is 9.40. The summed E-state index contributed by atoms with van der Waals surface area (Å²) < 4.78 is 5.91. The molecule has 0 radical (unpaired) electrons. The number of nitrogens with one attached hydrogen (secondary N) is 2. The van der Waals surface area contributed by atoms with Crippen LogP contribution < -0.4 is 10.6 Å². The van der Waals surface area contributed by atoms with Gasteiger partial charge in [0.1, 0.15) is 0 Å². The first-order chi connectivity index (χ1) is 9.40. The fourth-order valence-electron chi connectivity index (χ4n) is 2.86. The fraction of sp³-hybridized carbons (Fsp3) is 0.375. The topological polar surface area (TPSA) is 33.3 Å². The Morgan fingerprint density at radius 2 is 2.05 bits per heavy atom. The Labute approximate surface area is 114 Å². The molecule has 1 saturated heterocycles. The van der Waals surface area contributed by atoms with Crippen molar-refractivity contribution >= 4 is 10.8 Å². The van der Waals surface area contributed by atoms with Crippen molar-refractivity contribution in [2.75, 3.05) is 26.7 Å². The van der Waals surface area contributed by atoms with Crippen molar-refractivity contribution in [3.63, 3.8) is 0 Å². The molecule has 0 aliphatic carbocycles. The molecule has 1 fully saturated rings. The van der Waals surface area contributed by atoms with Crippen LogP contribution in [0.3, 0.4) is 0 Å². The standard InChI is InChI=1S/C16H20N2O/c1-17-16(15-11-18-9-10-19-15)14-8-4-6-12-5-2-3-7-13(12)14/h2-8,15-18H,9-11H2,1H3. The molecule has 0 amide bonds. The third kappa shape index (κ3) is 2.50. The van der Waals surface area contributed by atoms with E-state index in [1.54, 1.807) is 0 Å². The second kappa shape index (κ2) is 5.70. The zero-order valence-electron chi connectivity index (χ0n) is 11.2. The molecule has 0 spiro atoms. The smallest absolute Gasteiger partial charge is 0.0894 e. The third-order valence-corrected chi connectivity index (χ3v) is 3.80. The lowest BCUT2D eigenvalue weighted by atomic mass is 9.95. The minimum Gasteiger partial charge on any atom is -0.374 e. The number of hydrogen-bond donors (Lipinski definition) is 2. The molecule has 3 nitrogen and oxygen atoms in total. The van der Waals surface area contributed by atoms with E-state index >= 15 is 0 Å². The van der Waals surface area contributed by atoms with Crippen LogP contribution in [-0.4, -0.2) is 32.8 Å². The highest BCUT2D eigenvalue weighted by Crippen LogP contribution is 2.27. The molecule has 2 atom stereocenters. The van der Waals surface area contributed by atoms with Gasteiger partial charge in [0.25, 0.3) is 0 Å². The highest BCUT2D eigenvalue weighted by atomic mass is 16.5. The molecule has 3 heteroatoms. The fourth-order valence-corrected chi connectivity index (χ4v) is 2.86. The summed E-state index contributed by atoms with van der Waals surface area (Å²) in [5.41, 5.74) is 1.31. The van der Waals surface area contributed by atoms with Crippen molar-refractivity contribution in [1.29, 1.82) is 0 Å². The van der Waals surface area contributed by atoms with Crippen LogP contribution in [0.25, 0.3) is 10.8 Å². The zero-order chi connectivity index (χ0) is 13.1. The van der Waals surface area contributed by atoms with Gasteiger partial charge >= 0.3 is 0 Å². The van der Waals surface area contributed by atoms with Gasteiger partial charge in [0.2, 0.25) is 0 Å². The molecule has 2 aromatic rings. The third-order valence-electron chi connectivity index (χ3n) is 3.80. The van der Waals surface area contributed by atoms with Gasteiger partial charge in [-0.3, -0.25) is 0 Å². The van der Waals surface area contributed by atoms with Gasteiger partial charge in [-0.2, -0.15) is 0 Å². The Morgan fingerprint density at radius 3 is 2.84 bits per heavy atom. The molecule has 0 aromatic heterocycles. The van der Waals surface area contributed by atoms with E-state index in [1.165, 1.54) is 16.3 Å². The lowest BCUT2D eigenvalue weighted by molar-refractivity contribution is 0.00568. The highest BCUT2D eigenvalue weighted by Gasteiger charge is 2.25. The number of fused-ring (bicyclic) bond motifs is 1. The summed E-state index contributed by atoms with van der Waals surface area (Å²) in [6.07, 6.45) is 0.185. The van der Waals surface area contributed by atoms with E-state index in [-0.39, 0.29) is 12.1 Å². The molecule has 0 saturated carbocycles. The van der Waals surface area contributed by atoms with Crippen LogP contribution >= 0.6 is 0 Å². The van der Waals surface area contributed by atoms with Gasteiger partial charge in [-0.05, 0) is 23.4 Å². The number of morpholine rings is 1. The Kier molecular flexibility index (Phi) is 3.78. The molecule has 1 heterocycles. The maximum atomic E-state index is 5.91. The van der Waals surface area contributed by atoms with Crippen LogP contribution in [0.15, 0.2) is 42.5 Å². The number of benzene rings is 2. The van der Waals surface area contributed by atoms with E-state index in [1.807, 2.05) is 7.05 Å². The lowest BCUT2D eigenvalue weighted by Gasteiger charge is -2.31. The summed E-state index contributed by atoms with van der Waals surface area (Å²) in [6, 6.07) is 15.2. The Hall–Kier alpha value is -1.42. The zero-order valence-corrected chi connectivity index (χ0v) is 11.2. The van der Waals surface area contributed by atoms with Gasteiger partial charge in [-0.25, -0.2) is 0 Å². The molecule has 2 N–H and O–H groups in total. The molecule has 2 unspecified atom stereocenters. The molecule has 1 aliphatic heterocycles. The van der Waals surface area contributed by atoms with Crippen LogP contribution in [0, 0.1) is 0 Å². The summed E-state index contributed by atoms with van der Waals surface area (Å²) in [4.78, 5) is 0. The maximum Gasteiger partial charge on any atom is 0.0894 e. The number of likely N-dealkylation sites (N-methyl/N-ethyl adjacent to an activating group) is 1. The van der Waals surface area contributed by atoms with Gasteiger partial charge < -0.3 is 15.4 Å². The van der Waals surface area contributed by atoms with Crippen molar-refractivity contribution < 1.29 is 4.74 Å². The molecule has 19 heavy (non-hydrogen) atoms. The SMILES string of the molecule is CNC(c1cccc2ccccc12)C1CNCCO1. The van der Waals surface area contributed by atoms with Crippen molar-refractivity contribution in [2.24, 2.45) is 0 Å². The van der Waals surface area contributed by atoms with Crippen LogP contribution in [-0.2, 0) is 4.74 Å². The summed E-state index contributed by atoms with van der Waals surface area (Å²) >= 11 is 0. The summed E-state index contributed by atoms with van der Waals surface area (Å²) in [5.74, 6) is 0. The summed E-state index contributed by atoms with van der Waals surface area (Å²) in [6.45, 7) is 2.63. The molecule has 2 aromatic carbocycles. The van der Waals surface area contributed by atoms with Crippen molar-refractivity contribution in [3.05, 3.63) is 48.0 Å². The maximum absolute atomic E-state index is 5.91. The van der Waals surface area contributed by atoms with E-state index in [4.69, 9.17) is 4.74 Å². The minimum atomic E-state index is 0.185. The van der Waals surface area contributed by atoms with Crippen LogP contribution in [0.4, 0.5) is 0 Å². The molecule has 1 aliphatic rings. The van der Waals surface area contributed by atoms with Crippen LogP contribution in [0.2, 0.25) is 0 Å². The van der Waals surface area contributed by atoms with E-state index in [2.05, 4.69) is 53.1 Å². The Balaban J connectivity index is 2.00. The number of ether oxygens (including phenoxy) is 1. The van der Waals surface area contributed by atoms with Crippen LogP contribution in [0.5, 0.6) is 0 Å². The lowest BCUT2D eigenvalue weighted by Crippen LogP contribution is -2.45. The van der Waals surface area contributed by atoms with Crippen LogP contribution in [0.1, 0.15) is 11.6 Å². The van der Waals surface area contributed by atoms with Gasteiger partial charge in [-0.15, -0.1) is 0 Å². The monoisotopic (exact) mass is 256 g/mol. The van der Waals surface area contributed by atoms with Crippen molar-refractivity contribution in [3.8, 4) is 0 Å². The van der Waals surface area contributed by atoms with Gasteiger partial charge in [0.05, 0.1) is 18.8 Å². The quantitative estimate of drug-likeness (QED) is 0.882. The van der Waals surface area contributed by atoms with Crippen molar-refractivity contribution in [2.45, 2.75) is 12.1 Å². The minimum absolute atomic E-state index is 0.185. The summed E-state index contributed by atoms with van der Waals surface area (Å²) in [7, 11) is 2.00. The average Bonchev–Trinajstić information content (AvgIpc) is 2.49. The Bertz CT molecular complexity index is 544. The molecule has 100 valence electrons. The van der Waals surface area contributed by atoms with E-state index in [0.717, 1.165) is 19.7 Å². The second-order valence-electron chi connectivity index (χ2n) is 4.95. The second-order valence-corrected chi connectivity index (χ2v) is 4.95. The predicted molar refractivity (Wildman–Crippen MR) is 78.4 cm³/mol. The number of rotatable bonds is 3. The van der Waals surface area contributed by atoms with Gasteiger partial charge in [0.15, 0.2) is 0 Å². The normalized spacial score (nSPS) is 21.4. The molecular formula is C16H20N2O. The van der Waals surface area contributed by atoms with Crippen molar-refractivity contribution in [1.82, 2.24) is 10.6 Å². The van der Waals surface area contributed by atoms with E-state index in [0.29, 0.717) is 0 Å². The largest absolute Gasteiger partial charge is 0.374 e. The highest BCUT2D eigenvalue weighted by molar-refractivity contribution is 5.86. The molecule has 3 rings (SSSR count). The molecular weight excluding hydrogens is 236 g/mol.